The van der Waals surface area contributed by atoms with E-state index in [-0.39, 0.29) is 0 Å². The molecule has 3 heterocycles. The zero-order valence-corrected chi connectivity index (χ0v) is 15.5. The highest BCUT2D eigenvalue weighted by atomic mass is 16.5. The highest BCUT2D eigenvalue weighted by molar-refractivity contribution is 5.56. The number of nitrogens with zero attached hydrogens (tertiary/aromatic N) is 4. The van der Waals surface area contributed by atoms with Crippen molar-refractivity contribution in [2.75, 3.05) is 39.2 Å². The van der Waals surface area contributed by atoms with Gasteiger partial charge < -0.3 is 15.0 Å². The standard InChI is InChI=1S/C18H29N5O/c1-12(11-22(4)5)19-18-13(2)14(3)20-17-10-16(21-23(17)18)15-6-8-24-9-7-15/h10,12,15,19H,6-9,11H2,1-5H3/t12-/m0/s1. The van der Waals surface area contributed by atoms with Gasteiger partial charge >= 0.3 is 0 Å². The zero-order chi connectivity index (χ0) is 17.3. The van der Waals surface area contributed by atoms with E-state index in [0.29, 0.717) is 12.0 Å². The first-order valence-corrected chi connectivity index (χ1v) is 8.81. The predicted molar refractivity (Wildman–Crippen MR) is 96.9 cm³/mol. The number of rotatable bonds is 5. The summed E-state index contributed by atoms with van der Waals surface area (Å²) in [5.41, 5.74) is 4.29. The van der Waals surface area contributed by atoms with Gasteiger partial charge in [0.25, 0.3) is 0 Å². The summed E-state index contributed by atoms with van der Waals surface area (Å²) in [5, 5.41) is 8.53. The molecule has 0 bridgehead atoms. The van der Waals surface area contributed by atoms with Gasteiger partial charge in [-0.15, -0.1) is 0 Å². The highest BCUT2D eigenvalue weighted by Gasteiger charge is 2.21. The second-order valence-electron chi connectivity index (χ2n) is 7.20. The van der Waals surface area contributed by atoms with Crippen molar-refractivity contribution in [1.29, 1.82) is 0 Å². The molecule has 1 saturated heterocycles. The van der Waals surface area contributed by atoms with Gasteiger partial charge in [-0.1, -0.05) is 0 Å². The molecular weight excluding hydrogens is 302 g/mol. The molecule has 0 radical (unpaired) electrons. The minimum atomic E-state index is 0.333. The molecule has 1 aliphatic rings. The van der Waals surface area contributed by atoms with Crippen LogP contribution in [0, 0.1) is 13.8 Å². The molecular formula is C18H29N5O. The first-order valence-electron chi connectivity index (χ1n) is 8.81. The Morgan fingerprint density at radius 2 is 2.04 bits per heavy atom. The van der Waals surface area contributed by atoms with Gasteiger partial charge in [0, 0.05) is 49.0 Å². The molecule has 0 amide bonds. The van der Waals surface area contributed by atoms with E-state index in [0.717, 1.165) is 61.0 Å². The minimum absolute atomic E-state index is 0.333. The Balaban J connectivity index is 1.96. The third-order valence-electron chi connectivity index (χ3n) is 4.76. The van der Waals surface area contributed by atoms with Crippen molar-refractivity contribution in [2.45, 2.75) is 45.6 Å². The largest absolute Gasteiger partial charge is 0.381 e. The number of likely N-dealkylation sites (N-methyl/N-ethyl adjacent to an activating group) is 1. The monoisotopic (exact) mass is 331 g/mol. The lowest BCUT2D eigenvalue weighted by Gasteiger charge is -2.22. The number of ether oxygens (including phenoxy) is 1. The molecule has 2 aromatic heterocycles. The summed E-state index contributed by atoms with van der Waals surface area (Å²) in [7, 11) is 4.19. The number of fused-ring (bicyclic) bond motifs is 1. The van der Waals surface area contributed by atoms with Crippen LogP contribution in [0.2, 0.25) is 0 Å². The number of anilines is 1. The molecule has 1 fully saturated rings. The average molecular weight is 331 g/mol. The Kier molecular flexibility index (Phi) is 5.06. The van der Waals surface area contributed by atoms with Crippen molar-refractivity contribution in [1.82, 2.24) is 19.5 Å². The normalized spacial score (nSPS) is 17.6. The zero-order valence-electron chi connectivity index (χ0n) is 15.5. The van der Waals surface area contributed by atoms with Gasteiger partial charge in [0.15, 0.2) is 5.65 Å². The molecule has 1 atom stereocenters. The maximum absolute atomic E-state index is 5.48. The van der Waals surface area contributed by atoms with Gasteiger partial charge in [-0.3, -0.25) is 0 Å². The van der Waals surface area contributed by atoms with Crippen LogP contribution in [0.4, 0.5) is 5.82 Å². The van der Waals surface area contributed by atoms with E-state index < -0.39 is 0 Å². The number of aromatic nitrogens is 3. The van der Waals surface area contributed by atoms with E-state index in [9.17, 15) is 0 Å². The molecule has 132 valence electrons. The third kappa shape index (κ3) is 3.54. The van der Waals surface area contributed by atoms with Crippen LogP contribution in [0.5, 0.6) is 0 Å². The topological polar surface area (TPSA) is 54.7 Å². The summed E-state index contributed by atoms with van der Waals surface area (Å²) in [4.78, 5) is 6.93. The molecule has 0 saturated carbocycles. The van der Waals surface area contributed by atoms with Gasteiger partial charge in [-0.25, -0.2) is 4.98 Å². The Bertz CT molecular complexity index is 703. The summed E-state index contributed by atoms with van der Waals surface area (Å²) in [6.45, 7) is 9.00. The van der Waals surface area contributed by atoms with E-state index in [1.54, 1.807) is 0 Å². The van der Waals surface area contributed by atoms with Crippen molar-refractivity contribution >= 4 is 11.5 Å². The summed E-state index contributed by atoms with van der Waals surface area (Å²) < 4.78 is 7.47. The van der Waals surface area contributed by atoms with Crippen LogP contribution >= 0.6 is 0 Å². The molecule has 0 spiro atoms. The second kappa shape index (κ2) is 7.07. The highest BCUT2D eigenvalue weighted by Crippen LogP contribution is 2.28. The van der Waals surface area contributed by atoms with E-state index in [1.807, 2.05) is 4.52 Å². The van der Waals surface area contributed by atoms with Gasteiger partial charge in [0.05, 0.1) is 5.69 Å². The van der Waals surface area contributed by atoms with Crippen molar-refractivity contribution in [3.63, 3.8) is 0 Å². The van der Waals surface area contributed by atoms with Gasteiger partial charge in [-0.05, 0) is 47.7 Å². The van der Waals surface area contributed by atoms with Crippen LogP contribution < -0.4 is 5.32 Å². The predicted octanol–water partition coefficient (Wildman–Crippen LogP) is 2.60. The van der Waals surface area contributed by atoms with E-state index in [1.165, 1.54) is 0 Å². The maximum Gasteiger partial charge on any atom is 0.157 e. The van der Waals surface area contributed by atoms with E-state index in [2.05, 4.69) is 51.1 Å². The molecule has 24 heavy (non-hydrogen) atoms. The SMILES string of the molecule is Cc1nc2cc(C3CCOCC3)nn2c(N[C@@H](C)CN(C)C)c1C. The lowest BCUT2D eigenvalue weighted by atomic mass is 9.97. The second-order valence-corrected chi connectivity index (χ2v) is 7.20. The minimum Gasteiger partial charge on any atom is -0.381 e. The van der Waals surface area contributed by atoms with Crippen molar-refractivity contribution < 1.29 is 4.74 Å². The van der Waals surface area contributed by atoms with Crippen LogP contribution in [-0.4, -0.2) is 59.4 Å². The lowest BCUT2D eigenvalue weighted by Crippen LogP contribution is -2.31. The van der Waals surface area contributed by atoms with Gasteiger partial charge in [0.2, 0.25) is 0 Å². The maximum atomic E-state index is 5.48. The molecule has 0 aromatic carbocycles. The van der Waals surface area contributed by atoms with Crippen LogP contribution in [0.25, 0.3) is 5.65 Å². The molecule has 1 aliphatic heterocycles. The Labute approximate surface area is 144 Å². The van der Waals surface area contributed by atoms with Gasteiger partial charge in [0.1, 0.15) is 5.82 Å². The fourth-order valence-corrected chi connectivity index (χ4v) is 3.41. The summed E-state index contributed by atoms with van der Waals surface area (Å²) in [6, 6.07) is 2.48. The van der Waals surface area contributed by atoms with Crippen LogP contribution in [0.15, 0.2) is 6.07 Å². The first kappa shape index (κ1) is 17.2. The van der Waals surface area contributed by atoms with E-state index >= 15 is 0 Å². The molecule has 3 rings (SSSR count). The summed E-state index contributed by atoms with van der Waals surface area (Å²) in [5.74, 6) is 1.54. The molecule has 6 heteroatoms. The fourth-order valence-electron chi connectivity index (χ4n) is 3.41. The summed E-state index contributed by atoms with van der Waals surface area (Å²) in [6.07, 6.45) is 2.09. The summed E-state index contributed by atoms with van der Waals surface area (Å²) >= 11 is 0. The third-order valence-corrected chi connectivity index (χ3v) is 4.76. The molecule has 6 nitrogen and oxygen atoms in total. The van der Waals surface area contributed by atoms with Crippen LogP contribution in [0.3, 0.4) is 0 Å². The van der Waals surface area contributed by atoms with Crippen molar-refractivity contribution in [3.8, 4) is 0 Å². The van der Waals surface area contributed by atoms with Crippen LogP contribution in [-0.2, 0) is 4.74 Å². The average Bonchev–Trinajstić information content (AvgIpc) is 2.95. The smallest absolute Gasteiger partial charge is 0.157 e. The number of aryl methyl sites for hydroxylation is 1. The fraction of sp³-hybridized carbons (Fsp3) is 0.667. The molecule has 0 aliphatic carbocycles. The Morgan fingerprint density at radius 1 is 1.33 bits per heavy atom. The van der Waals surface area contributed by atoms with Gasteiger partial charge in [-0.2, -0.15) is 9.61 Å². The molecule has 0 unspecified atom stereocenters. The van der Waals surface area contributed by atoms with E-state index in [4.69, 9.17) is 14.8 Å². The number of nitrogens with one attached hydrogen (secondary N) is 1. The first-order chi connectivity index (χ1) is 11.5. The Morgan fingerprint density at radius 3 is 2.71 bits per heavy atom. The lowest BCUT2D eigenvalue weighted by molar-refractivity contribution is 0.0844. The van der Waals surface area contributed by atoms with Crippen LogP contribution in [0.1, 0.15) is 42.6 Å². The number of hydrogen-bond acceptors (Lipinski definition) is 5. The molecule has 2 aromatic rings. The number of hydrogen-bond donors (Lipinski definition) is 1. The van der Waals surface area contributed by atoms with Crippen molar-refractivity contribution in [3.05, 3.63) is 23.0 Å². The quantitative estimate of drug-likeness (QED) is 0.913. The van der Waals surface area contributed by atoms with Crippen molar-refractivity contribution in [2.24, 2.45) is 0 Å². The molecule has 1 N–H and O–H groups in total. The Hall–Kier alpha value is -1.66.